The number of carbonyl (C=O) groups is 1. The number of carbonyl (C=O) groups excluding carboxylic acids is 1. The molecule has 1 aliphatic rings. The van der Waals surface area contributed by atoms with Gasteiger partial charge in [0.1, 0.15) is 0 Å². The van der Waals surface area contributed by atoms with Crippen LogP contribution in [0.5, 0.6) is 0 Å². The van der Waals surface area contributed by atoms with Gasteiger partial charge >= 0.3 is 0 Å². The topological polar surface area (TPSA) is 50.2 Å². The highest BCUT2D eigenvalue weighted by Gasteiger charge is 2.26. The summed E-state index contributed by atoms with van der Waals surface area (Å²) in [6, 6.07) is 13.9. The van der Waals surface area contributed by atoms with Gasteiger partial charge in [0.05, 0.1) is 12.2 Å². The van der Waals surface area contributed by atoms with Gasteiger partial charge in [0, 0.05) is 54.2 Å². The van der Waals surface area contributed by atoms with Gasteiger partial charge in [0.15, 0.2) is 0 Å². The Morgan fingerprint density at radius 1 is 1.10 bits per heavy atom. The van der Waals surface area contributed by atoms with E-state index in [1.165, 1.54) is 5.56 Å². The summed E-state index contributed by atoms with van der Waals surface area (Å²) in [6.07, 6.45) is 7.41. The van der Waals surface area contributed by atoms with Gasteiger partial charge < -0.3 is 9.88 Å². The molecule has 0 radical (unpaired) electrons. The Bertz CT molecular complexity index is 1000. The molecule has 5 nitrogen and oxygen atoms in total. The summed E-state index contributed by atoms with van der Waals surface area (Å²) in [7, 11) is 0. The molecule has 162 valence electrons. The van der Waals surface area contributed by atoms with E-state index in [4.69, 9.17) is 23.2 Å². The van der Waals surface area contributed by atoms with E-state index < -0.39 is 0 Å². The van der Waals surface area contributed by atoms with Gasteiger partial charge in [-0.1, -0.05) is 53.5 Å². The molecule has 3 aromatic rings. The lowest BCUT2D eigenvalue weighted by Gasteiger charge is -2.32. The molecule has 0 aliphatic carbocycles. The van der Waals surface area contributed by atoms with Crippen LogP contribution < -0.4 is 5.32 Å². The van der Waals surface area contributed by atoms with Gasteiger partial charge in [-0.25, -0.2) is 4.98 Å². The number of likely N-dealkylation sites (tertiary alicyclic amines) is 1. The molecular weight excluding hydrogens is 431 g/mol. The van der Waals surface area contributed by atoms with Crippen molar-refractivity contribution in [3.8, 4) is 0 Å². The number of imidazole rings is 1. The number of hydrogen-bond acceptors (Lipinski definition) is 3. The van der Waals surface area contributed by atoms with E-state index in [0.717, 1.165) is 37.1 Å². The lowest BCUT2D eigenvalue weighted by molar-refractivity contribution is -0.126. The Hall–Kier alpha value is -2.34. The van der Waals surface area contributed by atoms with E-state index in [0.29, 0.717) is 29.7 Å². The highest BCUT2D eigenvalue weighted by atomic mass is 35.5. The number of benzene rings is 2. The summed E-state index contributed by atoms with van der Waals surface area (Å²) in [4.78, 5) is 19.2. The van der Waals surface area contributed by atoms with E-state index >= 15 is 0 Å². The van der Waals surface area contributed by atoms with Crippen molar-refractivity contribution in [2.75, 3.05) is 13.1 Å². The van der Waals surface area contributed by atoms with Crippen molar-refractivity contribution in [1.29, 1.82) is 0 Å². The molecule has 2 aromatic carbocycles. The normalized spacial score (nSPS) is 16.9. The molecule has 1 atom stereocenters. The third kappa shape index (κ3) is 5.88. The highest BCUT2D eigenvalue weighted by molar-refractivity contribution is 6.35. The van der Waals surface area contributed by atoms with Crippen molar-refractivity contribution in [1.82, 2.24) is 19.8 Å². The number of piperidine rings is 1. The van der Waals surface area contributed by atoms with E-state index in [-0.39, 0.29) is 11.8 Å². The lowest BCUT2D eigenvalue weighted by atomic mass is 9.96. The maximum absolute atomic E-state index is 12.8. The molecule has 31 heavy (non-hydrogen) atoms. The zero-order valence-electron chi connectivity index (χ0n) is 17.3. The summed E-state index contributed by atoms with van der Waals surface area (Å²) < 4.78 is 2.03. The van der Waals surface area contributed by atoms with Crippen LogP contribution in [0.15, 0.2) is 61.2 Å². The van der Waals surface area contributed by atoms with E-state index in [1.807, 2.05) is 41.1 Å². The molecule has 1 aliphatic heterocycles. The minimum Gasteiger partial charge on any atom is -0.352 e. The van der Waals surface area contributed by atoms with Crippen LogP contribution in [0.25, 0.3) is 0 Å². The van der Waals surface area contributed by atoms with Crippen LogP contribution in [0.1, 0.15) is 29.5 Å². The fraction of sp³-hybridized carbons (Fsp3) is 0.333. The number of nitrogens with zero attached hydrogens (tertiary/aromatic N) is 3. The van der Waals surface area contributed by atoms with Crippen molar-refractivity contribution in [2.24, 2.45) is 5.92 Å². The van der Waals surface area contributed by atoms with Gasteiger partial charge in [-0.2, -0.15) is 0 Å². The van der Waals surface area contributed by atoms with E-state index in [1.54, 1.807) is 12.5 Å². The van der Waals surface area contributed by atoms with Crippen LogP contribution in [-0.4, -0.2) is 33.4 Å². The van der Waals surface area contributed by atoms with Gasteiger partial charge in [-0.15, -0.1) is 0 Å². The molecule has 4 rings (SSSR count). The molecular formula is C24H26Cl2N4O. The van der Waals surface area contributed by atoms with Gasteiger partial charge in [0.25, 0.3) is 0 Å². The van der Waals surface area contributed by atoms with Crippen LogP contribution in [0, 0.1) is 5.92 Å². The van der Waals surface area contributed by atoms with Crippen molar-refractivity contribution < 1.29 is 4.79 Å². The Balaban J connectivity index is 1.31. The second kappa shape index (κ2) is 10.3. The number of aromatic nitrogens is 2. The van der Waals surface area contributed by atoms with E-state index in [9.17, 15) is 4.79 Å². The fourth-order valence-corrected chi connectivity index (χ4v) is 4.60. The number of halogens is 2. The average Bonchev–Trinajstić information content (AvgIpc) is 3.28. The molecule has 1 aromatic heterocycles. The summed E-state index contributed by atoms with van der Waals surface area (Å²) in [5.41, 5.74) is 3.22. The smallest absolute Gasteiger partial charge is 0.224 e. The average molecular weight is 457 g/mol. The zero-order chi connectivity index (χ0) is 21.6. The van der Waals surface area contributed by atoms with Crippen LogP contribution in [0.4, 0.5) is 0 Å². The molecule has 1 unspecified atom stereocenters. The molecule has 2 heterocycles. The van der Waals surface area contributed by atoms with Crippen LogP contribution in [-0.2, 0) is 24.4 Å². The minimum absolute atomic E-state index is 0.0239. The summed E-state index contributed by atoms with van der Waals surface area (Å²) >= 11 is 12.7. The number of amides is 1. The van der Waals surface area contributed by atoms with Crippen molar-refractivity contribution in [3.05, 3.63) is 87.9 Å². The molecule has 1 N–H and O–H groups in total. The third-order valence-corrected chi connectivity index (χ3v) is 6.41. The standard InChI is InChI=1S/C24H26Cl2N4O/c25-22-7-2-8-23(26)21(22)16-29-10-3-6-20(15-29)24(31)28-13-18-4-1-5-19(12-18)14-30-11-9-27-17-30/h1-2,4-5,7-9,11-12,17,20H,3,6,10,13-16H2,(H,28,31). The first-order chi connectivity index (χ1) is 15.1. The second-order valence-electron chi connectivity index (χ2n) is 8.05. The molecule has 1 amide bonds. The lowest BCUT2D eigenvalue weighted by Crippen LogP contribution is -2.42. The predicted molar refractivity (Wildman–Crippen MR) is 124 cm³/mol. The molecule has 0 bridgehead atoms. The largest absolute Gasteiger partial charge is 0.352 e. The monoisotopic (exact) mass is 456 g/mol. The fourth-order valence-electron chi connectivity index (χ4n) is 4.08. The van der Waals surface area contributed by atoms with Gasteiger partial charge in [0.2, 0.25) is 5.91 Å². The van der Waals surface area contributed by atoms with Gasteiger partial charge in [-0.05, 0) is 42.6 Å². The Morgan fingerprint density at radius 3 is 2.65 bits per heavy atom. The summed E-state index contributed by atoms with van der Waals surface area (Å²) in [6.45, 7) is 3.63. The van der Waals surface area contributed by atoms with Crippen molar-refractivity contribution >= 4 is 29.1 Å². The quantitative estimate of drug-likeness (QED) is 0.556. The second-order valence-corrected chi connectivity index (χ2v) is 8.86. The highest BCUT2D eigenvalue weighted by Crippen LogP contribution is 2.27. The molecule has 1 fully saturated rings. The van der Waals surface area contributed by atoms with Gasteiger partial charge in [-0.3, -0.25) is 9.69 Å². The van der Waals surface area contributed by atoms with Crippen LogP contribution in [0.2, 0.25) is 10.0 Å². The third-order valence-electron chi connectivity index (χ3n) is 5.70. The SMILES string of the molecule is O=C(NCc1cccc(Cn2ccnc2)c1)C1CCCN(Cc2c(Cl)cccc2Cl)C1. The first kappa shape index (κ1) is 21.9. The molecule has 0 saturated carbocycles. The Morgan fingerprint density at radius 2 is 1.87 bits per heavy atom. The van der Waals surface area contributed by atoms with Crippen molar-refractivity contribution in [3.63, 3.8) is 0 Å². The van der Waals surface area contributed by atoms with Crippen LogP contribution >= 0.6 is 23.2 Å². The number of nitrogens with one attached hydrogen (secondary N) is 1. The van der Waals surface area contributed by atoms with Crippen LogP contribution in [0.3, 0.4) is 0 Å². The first-order valence-electron chi connectivity index (χ1n) is 10.5. The molecule has 1 saturated heterocycles. The molecule has 0 spiro atoms. The maximum Gasteiger partial charge on any atom is 0.224 e. The van der Waals surface area contributed by atoms with Crippen molar-refractivity contribution in [2.45, 2.75) is 32.5 Å². The maximum atomic E-state index is 12.8. The zero-order valence-corrected chi connectivity index (χ0v) is 18.8. The predicted octanol–water partition coefficient (Wildman–Crippen LogP) is 4.77. The number of hydrogen-bond donors (Lipinski definition) is 1. The van der Waals surface area contributed by atoms with E-state index in [2.05, 4.69) is 27.3 Å². The Labute approximate surface area is 193 Å². The minimum atomic E-state index is -0.0239. The Kier molecular flexibility index (Phi) is 7.28. The summed E-state index contributed by atoms with van der Waals surface area (Å²) in [5, 5.41) is 4.48. The first-order valence-corrected chi connectivity index (χ1v) is 11.3. The number of rotatable bonds is 7. The summed E-state index contributed by atoms with van der Waals surface area (Å²) in [5.74, 6) is 0.0825. The molecule has 7 heteroatoms.